The van der Waals surface area contributed by atoms with Crippen molar-refractivity contribution in [3.05, 3.63) is 24.3 Å². The molecular weight excluding hydrogens is 298 g/mol. The summed E-state index contributed by atoms with van der Waals surface area (Å²) in [6, 6.07) is 7.80. The van der Waals surface area contributed by atoms with Crippen LogP contribution >= 0.6 is 23.1 Å². The van der Waals surface area contributed by atoms with Crippen LogP contribution in [0.2, 0.25) is 0 Å². The molecular formula is C13H15NO4S2. The number of carboxylic acid groups (broad SMARTS) is 1. The molecule has 1 aromatic heterocycles. The van der Waals surface area contributed by atoms with E-state index in [2.05, 4.69) is 4.98 Å². The van der Waals surface area contributed by atoms with Crippen LogP contribution in [0, 0.1) is 0 Å². The van der Waals surface area contributed by atoms with Gasteiger partial charge in [0, 0.05) is 12.2 Å². The number of thiazole rings is 1. The summed E-state index contributed by atoms with van der Waals surface area (Å²) in [5.74, 6) is -0.681. The first-order valence-electron chi connectivity index (χ1n) is 6.11. The highest BCUT2D eigenvalue weighted by Crippen LogP contribution is 2.29. The van der Waals surface area contributed by atoms with Crippen LogP contribution < -0.4 is 0 Å². The third-order valence-electron chi connectivity index (χ3n) is 2.63. The molecule has 0 saturated carbocycles. The predicted octanol–water partition coefficient (Wildman–Crippen LogP) is 1.98. The van der Waals surface area contributed by atoms with Gasteiger partial charge in [-0.2, -0.15) is 0 Å². The Hall–Kier alpha value is -1.15. The first-order valence-corrected chi connectivity index (χ1v) is 7.91. The lowest BCUT2D eigenvalue weighted by molar-refractivity contribution is -0.139. The van der Waals surface area contributed by atoms with Crippen LogP contribution in [-0.4, -0.2) is 44.2 Å². The van der Waals surface area contributed by atoms with Gasteiger partial charge in [0.2, 0.25) is 0 Å². The van der Waals surface area contributed by atoms with Gasteiger partial charge in [-0.1, -0.05) is 23.9 Å². The van der Waals surface area contributed by atoms with Crippen molar-refractivity contribution in [1.82, 2.24) is 4.98 Å². The molecule has 0 bridgehead atoms. The Morgan fingerprint density at radius 1 is 1.30 bits per heavy atom. The number of para-hydroxylation sites is 1. The van der Waals surface area contributed by atoms with Gasteiger partial charge >= 0.3 is 5.97 Å². The minimum Gasteiger partial charge on any atom is -0.481 e. The van der Waals surface area contributed by atoms with Crippen LogP contribution in [0.4, 0.5) is 0 Å². The lowest BCUT2D eigenvalue weighted by Crippen LogP contribution is -2.22. The van der Waals surface area contributed by atoms with Crippen LogP contribution in [0.15, 0.2) is 28.6 Å². The van der Waals surface area contributed by atoms with Crippen LogP contribution in [0.3, 0.4) is 0 Å². The molecule has 0 spiro atoms. The highest BCUT2D eigenvalue weighted by atomic mass is 32.2. The van der Waals surface area contributed by atoms with Crippen LogP contribution in [0.1, 0.15) is 12.8 Å². The predicted molar refractivity (Wildman–Crippen MR) is 79.2 cm³/mol. The van der Waals surface area contributed by atoms with Gasteiger partial charge in [-0.3, -0.25) is 4.79 Å². The molecule has 108 valence electrons. The van der Waals surface area contributed by atoms with Gasteiger partial charge in [0.15, 0.2) is 4.34 Å². The Morgan fingerprint density at radius 2 is 2.05 bits per heavy atom. The third kappa shape index (κ3) is 4.45. The fourth-order valence-electron chi connectivity index (χ4n) is 1.75. The average molecular weight is 313 g/mol. The Balaban J connectivity index is 1.83. The largest absolute Gasteiger partial charge is 0.481 e. The number of rotatable bonds is 7. The second-order valence-corrected chi connectivity index (χ2v) is 6.70. The normalized spacial score (nSPS) is 14.3. The van der Waals surface area contributed by atoms with Gasteiger partial charge in [-0.15, -0.1) is 11.3 Å². The quantitative estimate of drug-likeness (QED) is 0.677. The lowest BCUT2D eigenvalue weighted by atomic mass is 10.1. The number of aliphatic carboxylic acids is 1. The SMILES string of the molecule is O=C(O)C[C@H](O)C[C@H](O)CSc1nc2ccccc2s1. The Kier molecular flexibility index (Phi) is 5.36. The fraction of sp³-hybridized carbons (Fsp3) is 0.385. The molecule has 2 rings (SSSR count). The van der Waals surface area contributed by atoms with Crippen molar-refractivity contribution in [3.8, 4) is 0 Å². The van der Waals surface area contributed by atoms with Gasteiger partial charge in [0.25, 0.3) is 0 Å². The summed E-state index contributed by atoms with van der Waals surface area (Å²) in [6.45, 7) is 0. The Bertz CT molecular complexity index is 554. The molecule has 1 aromatic carbocycles. The van der Waals surface area contributed by atoms with Crippen molar-refractivity contribution in [2.75, 3.05) is 5.75 Å². The second kappa shape index (κ2) is 7.03. The van der Waals surface area contributed by atoms with E-state index in [1.807, 2.05) is 24.3 Å². The topological polar surface area (TPSA) is 90.7 Å². The number of thioether (sulfide) groups is 1. The maximum atomic E-state index is 10.4. The summed E-state index contributed by atoms with van der Waals surface area (Å²) >= 11 is 2.97. The van der Waals surface area contributed by atoms with Crippen molar-refractivity contribution in [3.63, 3.8) is 0 Å². The Labute approximate surface area is 124 Å². The van der Waals surface area contributed by atoms with E-state index in [1.165, 1.54) is 11.8 Å². The number of nitrogens with zero attached hydrogens (tertiary/aromatic N) is 1. The number of hydrogen-bond acceptors (Lipinski definition) is 6. The summed E-state index contributed by atoms with van der Waals surface area (Å²) < 4.78 is 1.95. The number of carbonyl (C=O) groups is 1. The lowest BCUT2D eigenvalue weighted by Gasteiger charge is -2.12. The van der Waals surface area contributed by atoms with Gasteiger partial charge in [-0.05, 0) is 12.1 Å². The summed E-state index contributed by atoms with van der Waals surface area (Å²) in [4.78, 5) is 14.8. The van der Waals surface area contributed by atoms with Crippen LogP contribution in [-0.2, 0) is 4.79 Å². The van der Waals surface area contributed by atoms with Gasteiger partial charge < -0.3 is 15.3 Å². The molecule has 7 heteroatoms. The minimum atomic E-state index is -1.07. The second-order valence-electron chi connectivity index (χ2n) is 4.40. The molecule has 1 heterocycles. The fourth-order valence-corrected chi connectivity index (χ4v) is 3.79. The molecule has 3 N–H and O–H groups in total. The molecule has 2 aromatic rings. The molecule has 2 atom stereocenters. The van der Waals surface area contributed by atoms with Gasteiger partial charge in [0.05, 0.1) is 28.8 Å². The first-order chi connectivity index (χ1) is 9.54. The van der Waals surface area contributed by atoms with E-state index in [4.69, 9.17) is 5.11 Å². The molecule has 0 aliphatic rings. The molecule has 0 radical (unpaired) electrons. The number of aliphatic hydroxyl groups is 2. The number of benzene rings is 1. The zero-order valence-corrected chi connectivity index (χ0v) is 12.2. The molecule has 0 amide bonds. The first kappa shape index (κ1) is 15.2. The smallest absolute Gasteiger partial charge is 0.305 e. The zero-order chi connectivity index (χ0) is 14.5. The molecule has 0 unspecified atom stereocenters. The van der Waals surface area contributed by atoms with E-state index in [-0.39, 0.29) is 12.8 Å². The molecule has 0 saturated heterocycles. The molecule has 0 aliphatic heterocycles. The number of carboxylic acids is 1. The number of fused-ring (bicyclic) bond motifs is 1. The van der Waals surface area contributed by atoms with Crippen molar-refractivity contribution in [1.29, 1.82) is 0 Å². The minimum absolute atomic E-state index is 0.0597. The van der Waals surface area contributed by atoms with E-state index in [9.17, 15) is 15.0 Å². The third-order valence-corrected chi connectivity index (χ3v) is 4.95. The van der Waals surface area contributed by atoms with Crippen LogP contribution in [0.5, 0.6) is 0 Å². The molecule has 20 heavy (non-hydrogen) atoms. The highest BCUT2D eigenvalue weighted by Gasteiger charge is 2.16. The maximum absolute atomic E-state index is 10.4. The standard InChI is InChI=1S/C13H15NO4S2/c15-8(6-12(17)18)5-9(16)7-19-13-14-10-3-1-2-4-11(10)20-13/h1-4,8-9,15-16H,5-7H2,(H,17,18)/t8-,9+/m1/s1. The molecule has 0 aliphatic carbocycles. The van der Waals surface area contributed by atoms with E-state index < -0.39 is 18.2 Å². The summed E-state index contributed by atoms with van der Waals surface area (Å²) in [5, 5.41) is 27.7. The Morgan fingerprint density at radius 3 is 2.75 bits per heavy atom. The van der Waals surface area contributed by atoms with Gasteiger partial charge in [-0.25, -0.2) is 4.98 Å². The molecule has 5 nitrogen and oxygen atoms in total. The van der Waals surface area contributed by atoms with Crippen molar-refractivity contribution in [2.45, 2.75) is 29.4 Å². The van der Waals surface area contributed by atoms with Crippen molar-refractivity contribution < 1.29 is 20.1 Å². The zero-order valence-electron chi connectivity index (χ0n) is 10.6. The molecule has 0 fully saturated rings. The van der Waals surface area contributed by atoms with E-state index in [0.29, 0.717) is 5.75 Å². The van der Waals surface area contributed by atoms with E-state index in [0.717, 1.165) is 14.6 Å². The van der Waals surface area contributed by atoms with E-state index in [1.54, 1.807) is 11.3 Å². The number of hydrogen-bond donors (Lipinski definition) is 3. The number of aromatic nitrogens is 1. The number of aliphatic hydroxyl groups excluding tert-OH is 2. The average Bonchev–Trinajstić information content (AvgIpc) is 2.77. The van der Waals surface area contributed by atoms with Crippen molar-refractivity contribution in [2.24, 2.45) is 0 Å². The van der Waals surface area contributed by atoms with Crippen LogP contribution in [0.25, 0.3) is 10.2 Å². The monoisotopic (exact) mass is 313 g/mol. The van der Waals surface area contributed by atoms with Gasteiger partial charge in [0.1, 0.15) is 0 Å². The highest BCUT2D eigenvalue weighted by molar-refractivity contribution is 8.01. The summed E-state index contributed by atoms with van der Waals surface area (Å²) in [6.07, 6.45) is -2.05. The summed E-state index contributed by atoms with van der Waals surface area (Å²) in [7, 11) is 0. The van der Waals surface area contributed by atoms with E-state index >= 15 is 0 Å². The summed E-state index contributed by atoms with van der Waals surface area (Å²) in [5.41, 5.74) is 0.931. The maximum Gasteiger partial charge on any atom is 0.305 e. The van der Waals surface area contributed by atoms with Crippen molar-refractivity contribution >= 4 is 39.3 Å².